The smallest absolute Gasteiger partial charge is 0.0715 e. The van der Waals surface area contributed by atoms with Crippen molar-refractivity contribution in [2.24, 2.45) is 0 Å². The molecule has 1 N–H and O–H groups in total. The zero-order valence-electron chi connectivity index (χ0n) is 9.54. The maximum absolute atomic E-state index is 5.31. The Balaban J connectivity index is 2.75. The van der Waals surface area contributed by atoms with E-state index in [0.717, 1.165) is 36.0 Å². The highest BCUT2D eigenvalue weighted by Crippen LogP contribution is 2.24. The zero-order valence-corrected chi connectivity index (χ0v) is 11.1. The van der Waals surface area contributed by atoms with Crippen LogP contribution < -0.4 is 5.32 Å². The predicted molar refractivity (Wildman–Crippen MR) is 71.0 cm³/mol. The fraction of sp³-hybridized carbons (Fsp3) is 0.462. The molecule has 16 heavy (non-hydrogen) atoms. The Hall–Kier alpha value is -0.850. The molecule has 0 saturated carbocycles. The van der Waals surface area contributed by atoms with Crippen LogP contribution in [0.1, 0.15) is 37.9 Å². The van der Waals surface area contributed by atoms with Crippen LogP contribution in [-0.2, 0) is 0 Å². The average molecular weight is 281 g/mol. The molecule has 1 aromatic heterocycles. The molecule has 0 aliphatic carbocycles. The van der Waals surface area contributed by atoms with Crippen LogP contribution in [0, 0.1) is 12.3 Å². The van der Waals surface area contributed by atoms with E-state index in [1.165, 1.54) is 0 Å². The minimum atomic E-state index is 0.242. The van der Waals surface area contributed by atoms with Crippen molar-refractivity contribution in [1.82, 2.24) is 10.3 Å². The number of aromatic nitrogens is 1. The van der Waals surface area contributed by atoms with Crippen LogP contribution in [0.25, 0.3) is 0 Å². The first-order valence-corrected chi connectivity index (χ1v) is 6.36. The third-order valence-corrected chi connectivity index (χ3v) is 3.01. The van der Waals surface area contributed by atoms with Gasteiger partial charge >= 0.3 is 0 Å². The summed E-state index contributed by atoms with van der Waals surface area (Å²) in [7, 11) is 0. The van der Waals surface area contributed by atoms with Gasteiger partial charge in [0.1, 0.15) is 0 Å². The number of terminal acetylenes is 1. The number of hydrogen-bond donors (Lipinski definition) is 1. The Labute approximate surface area is 106 Å². The van der Waals surface area contributed by atoms with E-state index in [9.17, 15) is 0 Å². The van der Waals surface area contributed by atoms with Gasteiger partial charge in [-0.05, 0) is 47.4 Å². The first-order valence-electron chi connectivity index (χ1n) is 5.56. The Kier molecular flexibility index (Phi) is 6.14. The molecule has 1 heterocycles. The van der Waals surface area contributed by atoms with Crippen LogP contribution in [0.15, 0.2) is 22.8 Å². The molecule has 0 aliphatic heterocycles. The van der Waals surface area contributed by atoms with Crippen molar-refractivity contribution in [1.29, 1.82) is 0 Å². The lowest BCUT2D eigenvalue weighted by Gasteiger charge is -2.18. The summed E-state index contributed by atoms with van der Waals surface area (Å²) in [6, 6.07) is 4.18. The maximum atomic E-state index is 5.31. The highest BCUT2D eigenvalue weighted by molar-refractivity contribution is 9.10. The largest absolute Gasteiger partial charge is 0.309 e. The molecular formula is C13H17BrN2. The second-order valence-electron chi connectivity index (χ2n) is 3.62. The quantitative estimate of drug-likeness (QED) is 0.809. The lowest BCUT2D eigenvalue weighted by molar-refractivity contribution is 0.493. The van der Waals surface area contributed by atoms with Gasteiger partial charge in [-0.1, -0.05) is 6.92 Å². The molecule has 3 heteroatoms. The molecule has 1 atom stereocenters. The average Bonchev–Trinajstić information content (AvgIpc) is 2.31. The van der Waals surface area contributed by atoms with E-state index in [1.807, 2.05) is 18.3 Å². The minimum absolute atomic E-state index is 0.242. The third-order valence-electron chi connectivity index (χ3n) is 2.34. The Morgan fingerprint density at radius 2 is 2.44 bits per heavy atom. The number of pyridine rings is 1. The number of halogens is 1. The van der Waals surface area contributed by atoms with Crippen LogP contribution in [-0.4, -0.2) is 11.5 Å². The summed E-state index contributed by atoms with van der Waals surface area (Å²) in [6.07, 6.45) is 9.93. The van der Waals surface area contributed by atoms with Crippen LogP contribution >= 0.6 is 15.9 Å². The van der Waals surface area contributed by atoms with Crippen molar-refractivity contribution in [3.8, 4) is 12.3 Å². The van der Waals surface area contributed by atoms with Gasteiger partial charge in [-0.2, -0.15) is 0 Å². The molecule has 0 aromatic carbocycles. The van der Waals surface area contributed by atoms with Crippen LogP contribution in [0.3, 0.4) is 0 Å². The van der Waals surface area contributed by atoms with Gasteiger partial charge in [0.05, 0.1) is 11.7 Å². The topological polar surface area (TPSA) is 24.9 Å². The summed E-state index contributed by atoms with van der Waals surface area (Å²) in [6.45, 7) is 3.14. The zero-order chi connectivity index (χ0) is 11.8. The van der Waals surface area contributed by atoms with Gasteiger partial charge in [-0.15, -0.1) is 12.3 Å². The van der Waals surface area contributed by atoms with Gasteiger partial charge in [0, 0.05) is 17.1 Å². The second kappa shape index (κ2) is 7.43. The SMILES string of the molecule is C#CCCC(NCCC)c1ncccc1Br. The van der Waals surface area contributed by atoms with Crippen molar-refractivity contribution in [2.75, 3.05) is 6.54 Å². The molecule has 0 amide bonds. The Morgan fingerprint density at radius 3 is 3.06 bits per heavy atom. The second-order valence-corrected chi connectivity index (χ2v) is 4.47. The number of hydrogen-bond acceptors (Lipinski definition) is 2. The molecule has 2 nitrogen and oxygen atoms in total. The third kappa shape index (κ3) is 3.96. The molecule has 86 valence electrons. The molecule has 1 rings (SSSR count). The molecule has 0 radical (unpaired) electrons. The lowest BCUT2D eigenvalue weighted by Crippen LogP contribution is -2.23. The fourth-order valence-electron chi connectivity index (χ4n) is 1.54. The summed E-state index contributed by atoms with van der Waals surface area (Å²) in [5.41, 5.74) is 1.05. The maximum Gasteiger partial charge on any atom is 0.0715 e. The van der Waals surface area contributed by atoms with Crippen molar-refractivity contribution in [2.45, 2.75) is 32.2 Å². The number of rotatable bonds is 6. The summed E-state index contributed by atoms with van der Waals surface area (Å²) >= 11 is 3.53. The minimum Gasteiger partial charge on any atom is -0.309 e. The van der Waals surface area contributed by atoms with Gasteiger partial charge in [0.2, 0.25) is 0 Å². The van der Waals surface area contributed by atoms with Gasteiger partial charge in [0.25, 0.3) is 0 Å². The summed E-state index contributed by atoms with van der Waals surface area (Å²) in [5, 5.41) is 3.47. The molecule has 0 fully saturated rings. The van der Waals surface area contributed by atoms with Gasteiger partial charge < -0.3 is 5.32 Å². The molecule has 1 aromatic rings. The standard InChI is InChI=1S/C13H17BrN2/c1-3-5-8-12(15-9-4-2)13-11(14)7-6-10-16-13/h1,6-7,10,12,15H,4-5,8-9H2,2H3. The lowest BCUT2D eigenvalue weighted by atomic mass is 10.1. The first kappa shape index (κ1) is 13.2. The molecule has 0 saturated heterocycles. The van der Waals surface area contributed by atoms with E-state index in [0.29, 0.717) is 0 Å². The van der Waals surface area contributed by atoms with Crippen LogP contribution in [0.2, 0.25) is 0 Å². The van der Waals surface area contributed by atoms with E-state index >= 15 is 0 Å². The van der Waals surface area contributed by atoms with Gasteiger partial charge in [-0.3, -0.25) is 4.98 Å². The molecular weight excluding hydrogens is 264 g/mol. The van der Waals surface area contributed by atoms with E-state index in [2.05, 4.69) is 39.1 Å². The first-order chi connectivity index (χ1) is 7.79. The summed E-state index contributed by atoms with van der Waals surface area (Å²) < 4.78 is 1.04. The van der Waals surface area contributed by atoms with E-state index in [1.54, 1.807) is 0 Å². The molecule has 0 spiro atoms. The van der Waals surface area contributed by atoms with Crippen molar-refractivity contribution in [3.63, 3.8) is 0 Å². The highest BCUT2D eigenvalue weighted by Gasteiger charge is 2.13. The van der Waals surface area contributed by atoms with Crippen LogP contribution in [0.4, 0.5) is 0 Å². The number of nitrogens with one attached hydrogen (secondary N) is 1. The molecule has 1 unspecified atom stereocenters. The van der Waals surface area contributed by atoms with E-state index in [-0.39, 0.29) is 6.04 Å². The van der Waals surface area contributed by atoms with Gasteiger partial charge in [0.15, 0.2) is 0 Å². The molecule has 0 aliphatic rings. The summed E-state index contributed by atoms with van der Waals surface area (Å²) in [4.78, 5) is 4.41. The Bertz CT molecular complexity index is 357. The van der Waals surface area contributed by atoms with Crippen molar-refractivity contribution < 1.29 is 0 Å². The Morgan fingerprint density at radius 1 is 1.62 bits per heavy atom. The monoisotopic (exact) mass is 280 g/mol. The van der Waals surface area contributed by atoms with E-state index < -0.39 is 0 Å². The van der Waals surface area contributed by atoms with Crippen molar-refractivity contribution in [3.05, 3.63) is 28.5 Å². The molecule has 0 bridgehead atoms. The van der Waals surface area contributed by atoms with Crippen LogP contribution in [0.5, 0.6) is 0 Å². The predicted octanol–water partition coefficient (Wildman–Crippen LogP) is 3.30. The normalized spacial score (nSPS) is 12.1. The fourth-order valence-corrected chi connectivity index (χ4v) is 2.07. The summed E-state index contributed by atoms with van der Waals surface area (Å²) in [5.74, 6) is 2.68. The van der Waals surface area contributed by atoms with Crippen molar-refractivity contribution >= 4 is 15.9 Å². The van der Waals surface area contributed by atoms with E-state index in [4.69, 9.17) is 6.42 Å². The van der Waals surface area contributed by atoms with Gasteiger partial charge in [-0.25, -0.2) is 0 Å². The highest BCUT2D eigenvalue weighted by atomic mass is 79.9. The number of nitrogens with zero attached hydrogens (tertiary/aromatic N) is 1.